The molecule has 2 heterocycles. The summed E-state index contributed by atoms with van der Waals surface area (Å²) >= 11 is 1.46. The fourth-order valence-corrected chi connectivity index (χ4v) is 3.46. The summed E-state index contributed by atoms with van der Waals surface area (Å²) in [6, 6.07) is 0.289. The predicted molar refractivity (Wildman–Crippen MR) is 80.3 cm³/mol. The van der Waals surface area contributed by atoms with Crippen molar-refractivity contribution in [2.75, 3.05) is 26.7 Å². The average Bonchev–Trinajstić information content (AvgIpc) is 3.06. The lowest BCUT2D eigenvalue weighted by atomic mass is 10.2. The topological polar surface area (TPSA) is 54.5 Å². The van der Waals surface area contributed by atoms with Gasteiger partial charge in [0.05, 0.1) is 5.69 Å². The van der Waals surface area contributed by atoms with Gasteiger partial charge >= 0.3 is 0 Å². The molecule has 1 fully saturated rings. The van der Waals surface area contributed by atoms with E-state index >= 15 is 0 Å². The monoisotopic (exact) mass is 297 g/mol. The van der Waals surface area contributed by atoms with E-state index in [1.54, 1.807) is 0 Å². The first kappa shape index (κ1) is 15.4. The number of aryl methyl sites for hydroxylation is 1. The molecule has 0 bridgehead atoms. The van der Waals surface area contributed by atoms with E-state index in [0.29, 0.717) is 6.61 Å². The number of thiazole rings is 1. The van der Waals surface area contributed by atoms with Crippen LogP contribution in [0.2, 0.25) is 0 Å². The summed E-state index contributed by atoms with van der Waals surface area (Å²) in [5.41, 5.74) is 0.805. The Kier molecular flexibility index (Phi) is 5.12. The van der Waals surface area contributed by atoms with Crippen molar-refractivity contribution in [3.63, 3.8) is 0 Å². The number of nitrogens with one attached hydrogen (secondary N) is 1. The van der Waals surface area contributed by atoms with Gasteiger partial charge in [-0.1, -0.05) is 0 Å². The van der Waals surface area contributed by atoms with Crippen molar-refractivity contribution < 1.29 is 9.53 Å². The number of amides is 1. The highest BCUT2D eigenvalue weighted by molar-refractivity contribution is 7.13. The Morgan fingerprint density at radius 1 is 1.65 bits per heavy atom. The summed E-state index contributed by atoms with van der Waals surface area (Å²) in [4.78, 5) is 19.6. The Hall–Kier alpha value is -0.980. The van der Waals surface area contributed by atoms with Gasteiger partial charge in [-0.3, -0.25) is 4.79 Å². The van der Waals surface area contributed by atoms with Crippen LogP contribution in [0.4, 0.5) is 0 Å². The van der Waals surface area contributed by atoms with Gasteiger partial charge < -0.3 is 15.0 Å². The van der Waals surface area contributed by atoms with Crippen molar-refractivity contribution in [1.29, 1.82) is 0 Å². The van der Waals surface area contributed by atoms with Gasteiger partial charge in [0.15, 0.2) is 0 Å². The maximum Gasteiger partial charge on any atom is 0.265 e. The Labute approximate surface area is 124 Å². The van der Waals surface area contributed by atoms with Crippen LogP contribution in [0.15, 0.2) is 0 Å². The normalized spacial score (nSPS) is 20.1. The summed E-state index contributed by atoms with van der Waals surface area (Å²) in [6.45, 7) is 8.34. The van der Waals surface area contributed by atoms with Gasteiger partial charge in [-0.15, -0.1) is 11.3 Å². The number of ether oxygens (including phenoxy) is 1. The van der Waals surface area contributed by atoms with Crippen molar-refractivity contribution in [2.45, 2.75) is 39.3 Å². The van der Waals surface area contributed by atoms with E-state index in [2.05, 4.69) is 10.3 Å². The van der Waals surface area contributed by atoms with Crippen molar-refractivity contribution in [1.82, 2.24) is 15.2 Å². The first-order valence-electron chi connectivity index (χ1n) is 7.11. The molecule has 0 unspecified atom stereocenters. The first-order chi connectivity index (χ1) is 9.54. The highest BCUT2D eigenvalue weighted by atomic mass is 32.1. The Morgan fingerprint density at radius 2 is 2.40 bits per heavy atom. The van der Waals surface area contributed by atoms with E-state index in [4.69, 9.17) is 4.74 Å². The Morgan fingerprint density at radius 3 is 3.00 bits per heavy atom. The lowest BCUT2D eigenvalue weighted by Crippen LogP contribution is -2.38. The second-order valence-electron chi connectivity index (χ2n) is 5.13. The minimum absolute atomic E-state index is 0.0521. The molecule has 6 heteroatoms. The van der Waals surface area contributed by atoms with Crippen LogP contribution < -0.4 is 5.32 Å². The molecular weight excluding hydrogens is 274 g/mol. The first-order valence-corrected chi connectivity index (χ1v) is 7.93. The highest BCUT2D eigenvalue weighted by Crippen LogP contribution is 2.27. The van der Waals surface area contributed by atoms with Crippen molar-refractivity contribution in [2.24, 2.45) is 0 Å². The van der Waals surface area contributed by atoms with Gasteiger partial charge in [0.1, 0.15) is 16.0 Å². The van der Waals surface area contributed by atoms with Crippen molar-refractivity contribution >= 4 is 17.2 Å². The number of carbonyl (C=O) groups excluding carboxylic acids is 1. The number of rotatable bonds is 5. The molecule has 0 saturated carbocycles. The molecule has 1 aliphatic rings. The minimum atomic E-state index is -0.0521. The van der Waals surface area contributed by atoms with Crippen LogP contribution in [0.1, 0.15) is 46.7 Å². The van der Waals surface area contributed by atoms with E-state index in [1.165, 1.54) is 11.3 Å². The van der Waals surface area contributed by atoms with Gasteiger partial charge in [0.2, 0.25) is 0 Å². The zero-order chi connectivity index (χ0) is 14.7. The third kappa shape index (κ3) is 3.19. The number of aromatic nitrogens is 1. The van der Waals surface area contributed by atoms with Gasteiger partial charge in [-0.05, 0) is 33.7 Å². The van der Waals surface area contributed by atoms with Crippen molar-refractivity contribution in [3.05, 3.63) is 15.6 Å². The molecule has 1 aromatic heterocycles. The molecule has 0 radical (unpaired) electrons. The number of hydrogen-bond acceptors (Lipinski definition) is 5. The van der Waals surface area contributed by atoms with Crippen LogP contribution in [0, 0.1) is 6.92 Å². The van der Waals surface area contributed by atoms with Gasteiger partial charge in [-0.25, -0.2) is 4.98 Å². The molecule has 0 spiro atoms. The smallest absolute Gasteiger partial charge is 0.265 e. The van der Waals surface area contributed by atoms with Crippen LogP contribution in [-0.2, 0) is 4.74 Å². The van der Waals surface area contributed by atoms with Gasteiger partial charge in [0, 0.05) is 26.2 Å². The third-order valence-electron chi connectivity index (χ3n) is 3.67. The number of carbonyl (C=O) groups is 1. The fraction of sp³-hybridized carbons (Fsp3) is 0.714. The Balaban J connectivity index is 2.13. The lowest BCUT2D eigenvalue weighted by molar-refractivity contribution is 0.0747. The fourth-order valence-electron chi connectivity index (χ4n) is 2.41. The summed E-state index contributed by atoms with van der Waals surface area (Å²) in [6.07, 6.45) is 0.964. The minimum Gasteiger partial charge on any atom is -0.372 e. The summed E-state index contributed by atoms with van der Waals surface area (Å²) in [7, 11) is 1.88. The maximum atomic E-state index is 12.6. The van der Waals surface area contributed by atoms with E-state index < -0.39 is 0 Å². The molecule has 1 aliphatic heterocycles. The molecule has 1 amide bonds. The van der Waals surface area contributed by atoms with Crippen LogP contribution >= 0.6 is 11.3 Å². The molecule has 5 nitrogen and oxygen atoms in total. The molecule has 2 rings (SSSR count). The predicted octanol–water partition coefficient (Wildman–Crippen LogP) is 1.98. The summed E-state index contributed by atoms with van der Waals surface area (Å²) in [5.74, 6) is 0.0728. The summed E-state index contributed by atoms with van der Waals surface area (Å²) in [5, 5.41) is 4.17. The van der Waals surface area contributed by atoms with Gasteiger partial charge in [0.25, 0.3) is 5.91 Å². The Bertz CT molecular complexity index is 469. The molecular formula is C14H23N3O2S. The largest absolute Gasteiger partial charge is 0.372 e. The third-order valence-corrected chi connectivity index (χ3v) is 4.98. The van der Waals surface area contributed by atoms with E-state index in [-0.39, 0.29) is 18.1 Å². The molecule has 2 atom stereocenters. The molecule has 112 valence electrons. The number of likely N-dealkylation sites (N-methyl/N-ethyl adjacent to an activating group) is 1. The number of nitrogens with zero attached hydrogens (tertiary/aromatic N) is 2. The number of hydrogen-bond donors (Lipinski definition) is 1. The average molecular weight is 297 g/mol. The van der Waals surface area contributed by atoms with E-state index in [1.807, 2.05) is 32.7 Å². The molecule has 0 aromatic carbocycles. The van der Waals surface area contributed by atoms with E-state index in [9.17, 15) is 4.79 Å². The highest BCUT2D eigenvalue weighted by Gasteiger charge is 2.27. The molecule has 1 N–H and O–H groups in total. The standard InChI is InChI=1S/C14H23N3O2S/c1-5-19-10(3)13-16-9(2)12(20-13)14(18)17(4)11-6-7-15-8-11/h10-11,15H,5-8H2,1-4H3/t10-,11+/m0/s1. The maximum absolute atomic E-state index is 12.6. The molecule has 0 aliphatic carbocycles. The van der Waals surface area contributed by atoms with Crippen LogP contribution in [-0.4, -0.2) is 48.6 Å². The zero-order valence-corrected chi connectivity index (χ0v) is 13.4. The summed E-state index contributed by atoms with van der Waals surface area (Å²) < 4.78 is 5.55. The second-order valence-corrected chi connectivity index (χ2v) is 6.16. The van der Waals surface area contributed by atoms with Crippen LogP contribution in [0.25, 0.3) is 0 Å². The molecule has 20 heavy (non-hydrogen) atoms. The molecule has 1 aromatic rings. The van der Waals surface area contributed by atoms with Crippen LogP contribution in [0.5, 0.6) is 0 Å². The zero-order valence-electron chi connectivity index (χ0n) is 12.6. The lowest BCUT2D eigenvalue weighted by Gasteiger charge is -2.23. The SMILES string of the molecule is CCO[C@@H](C)c1nc(C)c(C(=O)N(C)[C@@H]2CCNC2)s1. The molecule has 1 saturated heterocycles. The van der Waals surface area contributed by atoms with Crippen LogP contribution in [0.3, 0.4) is 0 Å². The second kappa shape index (κ2) is 6.65. The van der Waals surface area contributed by atoms with E-state index in [0.717, 1.165) is 35.1 Å². The van der Waals surface area contributed by atoms with Crippen molar-refractivity contribution in [3.8, 4) is 0 Å². The quantitative estimate of drug-likeness (QED) is 0.903. The van der Waals surface area contributed by atoms with Gasteiger partial charge in [-0.2, -0.15) is 0 Å².